The van der Waals surface area contributed by atoms with Gasteiger partial charge >= 0.3 is 0 Å². The third-order valence-corrected chi connectivity index (χ3v) is 4.02. The molecule has 0 bridgehead atoms. The van der Waals surface area contributed by atoms with Crippen molar-refractivity contribution >= 4 is 0 Å². The summed E-state index contributed by atoms with van der Waals surface area (Å²) in [7, 11) is 0. The van der Waals surface area contributed by atoms with E-state index < -0.39 is 0 Å². The molecule has 0 aliphatic heterocycles. The fourth-order valence-corrected chi connectivity index (χ4v) is 2.46. The van der Waals surface area contributed by atoms with Crippen LogP contribution in [0.15, 0.2) is 30.7 Å². The highest BCUT2D eigenvalue weighted by atomic mass is 15.3. The Balaban J connectivity index is 2.17. The summed E-state index contributed by atoms with van der Waals surface area (Å²) in [4.78, 5) is 4.19. The van der Waals surface area contributed by atoms with Gasteiger partial charge in [0.2, 0.25) is 0 Å². The van der Waals surface area contributed by atoms with Gasteiger partial charge in [-0.3, -0.25) is 20.9 Å². The summed E-state index contributed by atoms with van der Waals surface area (Å²) in [6.07, 6.45) is 8.57. The second-order valence-electron chi connectivity index (χ2n) is 5.40. The van der Waals surface area contributed by atoms with Gasteiger partial charge in [-0.1, -0.05) is 13.8 Å². The topological polar surface area (TPSA) is 68.8 Å². The average Bonchev–Trinajstić information content (AvgIpc) is 3.00. The Hall–Kier alpha value is -1.72. The van der Waals surface area contributed by atoms with Crippen LogP contribution in [-0.2, 0) is 12.8 Å². The molecule has 0 radical (unpaired) electrons. The van der Waals surface area contributed by atoms with Crippen LogP contribution in [0, 0.1) is 0 Å². The van der Waals surface area contributed by atoms with Crippen molar-refractivity contribution in [3.8, 4) is 0 Å². The summed E-state index contributed by atoms with van der Waals surface area (Å²) >= 11 is 0. The number of hydrogen-bond donors (Lipinski definition) is 2. The van der Waals surface area contributed by atoms with Crippen molar-refractivity contribution in [3.63, 3.8) is 0 Å². The van der Waals surface area contributed by atoms with E-state index >= 15 is 0 Å². The predicted molar refractivity (Wildman–Crippen MR) is 84.6 cm³/mol. The summed E-state index contributed by atoms with van der Waals surface area (Å²) in [6.45, 7) is 6.47. The van der Waals surface area contributed by atoms with Gasteiger partial charge in [0, 0.05) is 31.1 Å². The van der Waals surface area contributed by atoms with Gasteiger partial charge in [-0.2, -0.15) is 5.10 Å². The molecule has 0 fully saturated rings. The van der Waals surface area contributed by atoms with Crippen LogP contribution in [0.3, 0.4) is 0 Å². The molecule has 0 aromatic carbocycles. The number of nitrogens with one attached hydrogen (secondary N) is 1. The lowest BCUT2D eigenvalue weighted by Gasteiger charge is -2.18. The first-order valence-corrected chi connectivity index (χ1v) is 7.62. The number of rotatable bonds is 7. The summed E-state index contributed by atoms with van der Waals surface area (Å²) in [5, 5.41) is 4.66. The first kappa shape index (κ1) is 15.7. The highest BCUT2D eigenvalue weighted by Gasteiger charge is 2.16. The number of aromatic nitrogens is 3. The van der Waals surface area contributed by atoms with Gasteiger partial charge in [-0.05, 0) is 43.0 Å². The molecule has 0 amide bonds. The molecule has 2 heterocycles. The molecule has 114 valence electrons. The molecule has 5 nitrogen and oxygen atoms in total. The molecule has 2 aromatic heterocycles. The lowest BCUT2D eigenvalue weighted by Crippen LogP contribution is -2.30. The van der Waals surface area contributed by atoms with Crippen LogP contribution in [0.5, 0.6) is 0 Å². The smallest absolute Gasteiger partial charge is 0.0644 e. The van der Waals surface area contributed by atoms with Gasteiger partial charge in [0.05, 0.1) is 11.7 Å². The minimum Gasteiger partial charge on any atom is -0.271 e. The first-order chi connectivity index (χ1) is 10.2. The summed E-state index contributed by atoms with van der Waals surface area (Å²) in [5.74, 6) is 5.76. The molecular weight excluding hydrogens is 262 g/mol. The van der Waals surface area contributed by atoms with Crippen molar-refractivity contribution in [2.24, 2.45) is 5.84 Å². The molecule has 2 atom stereocenters. The minimum atomic E-state index is 0.0585. The van der Waals surface area contributed by atoms with Crippen LogP contribution in [-0.4, -0.2) is 14.8 Å². The van der Waals surface area contributed by atoms with Crippen molar-refractivity contribution in [1.29, 1.82) is 0 Å². The second kappa shape index (κ2) is 7.33. The van der Waals surface area contributed by atoms with E-state index in [2.05, 4.69) is 42.3 Å². The lowest BCUT2D eigenvalue weighted by atomic mass is 9.98. The Labute approximate surface area is 126 Å². The predicted octanol–water partition coefficient (Wildman–Crippen LogP) is 2.56. The van der Waals surface area contributed by atoms with Crippen molar-refractivity contribution in [3.05, 3.63) is 47.5 Å². The van der Waals surface area contributed by atoms with Gasteiger partial charge in [-0.15, -0.1) is 0 Å². The molecule has 0 aliphatic rings. The van der Waals surface area contributed by atoms with Gasteiger partial charge in [0.1, 0.15) is 0 Å². The Kier molecular flexibility index (Phi) is 5.47. The number of pyridine rings is 1. The van der Waals surface area contributed by atoms with Crippen LogP contribution in [0.2, 0.25) is 0 Å². The molecule has 2 unspecified atom stereocenters. The Morgan fingerprint density at radius 3 is 2.81 bits per heavy atom. The van der Waals surface area contributed by atoms with Crippen LogP contribution in [0.25, 0.3) is 0 Å². The van der Waals surface area contributed by atoms with E-state index in [1.54, 1.807) is 0 Å². The molecule has 21 heavy (non-hydrogen) atoms. The van der Waals surface area contributed by atoms with Crippen molar-refractivity contribution in [2.45, 2.75) is 52.1 Å². The number of nitrogens with zero attached hydrogens (tertiary/aromatic N) is 3. The van der Waals surface area contributed by atoms with Crippen molar-refractivity contribution in [2.75, 3.05) is 0 Å². The molecule has 0 aliphatic carbocycles. The highest BCUT2D eigenvalue weighted by Crippen LogP contribution is 2.21. The van der Waals surface area contributed by atoms with E-state index in [-0.39, 0.29) is 6.04 Å². The Bertz CT molecular complexity index is 563. The largest absolute Gasteiger partial charge is 0.271 e. The molecule has 2 aromatic rings. The maximum Gasteiger partial charge on any atom is 0.0644 e. The molecule has 5 heteroatoms. The van der Waals surface area contributed by atoms with Gasteiger partial charge in [-0.25, -0.2) is 0 Å². The third-order valence-electron chi connectivity index (χ3n) is 4.02. The fourth-order valence-electron chi connectivity index (χ4n) is 2.46. The molecule has 2 rings (SSSR count). The monoisotopic (exact) mass is 287 g/mol. The van der Waals surface area contributed by atoms with Crippen LogP contribution in [0.4, 0.5) is 0 Å². The van der Waals surface area contributed by atoms with Gasteiger partial charge in [0.15, 0.2) is 0 Å². The van der Waals surface area contributed by atoms with E-state index in [0.29, 0.717) is 6.04 Å². The summed E-state index contributed by atoms with van der Waals surface area (Å²) < 4.78 is 2.02. The summed E-state index contributed by atoms with van der Waals surface area (Å²) in [5.41, 5.74) is 6.40. The van der Waals surface area contributed by atoms with E-state index in [1.165, 1.54) is 11.1 Å². The number of aryl methyl sites for hydroxylation is 1. The van der Waals surface area contributed by atoms with Crippen LogP contribution < -0.4 is 11.3 Å². The normalized spacial score (nSPS) is 14.1. The third kappa shape index (κ3) is 3.68. The van der Waals surface area contributed by atoms with E-state index in [0.717, 1.165) is 25.0 Å². The number of hydrazine groups is 1. The van der Waals surface area contributed by atoms with Gasteiger partial charge < -0.3 is 0 Å². The zero-order valence-corrected chi connectivity index (χ0v) is 13.1. The SMILES string of the molecule is CCc1cnccc1C(Cc1ccn(C(C)CC)n1)NN. The molecule has 0 saturated heterocycles. The summed E-state index contributed by atoms with van der Waals surface area (Å²) in [6, 6.07) is 4.59. The number of nitrogens with two attached hydrogens (primary N) is 1. The number of hydrogen-bond acceptors (Lipinski definition) is 4. The maximum absolute atomic E-state index is 5.76. The molecular formula is C16H25N5. The average molecular weight is 287 g/mol. The minimum absolute atomic E-state index is 0.0585. The van der Waals surface area contributed by atoms with E-state index in [9.17, 15) is 0 Å². The molecule has 0 spiro atoms. The van der Waals surface area contributed by atoms with Crippen LogP contribution >= 0.6 is 0 Å². The maximum atomic E-state index is 5.76. The van der Waals surface area contributed by atoms with Crippen molar-refractivity contribution < 1.29 is 0 Å². The molecule has 3 N–H and O–H groups in total. The highest BCUT2D eigenvalue weighted by molar-refractivity contribution is 5.27. The lowest BCUT2D eigenvalue weighted by molar-refractivity contribution is 0.466. The Morgan fingerprint density at radius 2 is 2.14 bits per heavy atom. The van der Waals surface area contributed by atoms with Crippen LogP contribution in [0.1, 0.15) is 56.1 Å². The van der Waals surface area contributed by atoms with E-state index in [4.69, 9.17) is 5.84 Å². The zero-order valence-electron chi connectivity index (χ0n) is 13.1. The standard InChI is InChI=1S/C16H25N5/c1-4-12(3)21-9-7-14(20-21)10-16(19-17)15-6-8-18-11-13(15)5-2/h6-9,11-12,16,19H,4-5,10,17H2,1-3H3. The zero-order chi connectivity index (χ0) is 15.2. The fraction of sp³-hybridized carbons (Fsp3) is 0.500. The first-order valence-electron chi connectivity index (χ1n) is 7.62. The molecule has 0 saturated carbocycles. The van der Waals surface area contributed by atoms with Gasteiger partial charge in [0.25, 0.3) is 0 Å². The quantitative estimate of drug-likeness (QED) is 0.606. The second-order valence-corrected chi connectivity index (χ2v) is 5.40. The van der Waals surface area contributed by atoms with Crippen molar-refractivity contribution in [1.82, 2.24) is 20.2 Å². The van der Waals surface area contributed by atoms with E-state index in [1.807, 2.05) is 29.3 Å². The Morgan fingerprint density at radius 1 is 1.33 bits per heavy atom.